The van der Waals surface area contributed by atoms with E-state index < -0.39 is 12.8 Å². The quantitative estimate of drug-likeness (QED) is 0.584. The second-order valence-corrected chi connectivity index (χ2v) is 5.43. The molecule has 0 atom stereocenters. The van der Waals surface area contributed by atoms with Gasteiger partial charge in [0.05, 0.1) is 13.7 Å². The van der Waals surface area contributed by atoms with Crippen LogP contribution < -0.4 is 4.74 Å². The molecule has 0 radical (unpaired) electrons. The highest BCUT2D eigenvalue weighted by atomic mass is 19.4. The first-order chi connectivity index (χ1) is 12.3. The van der Waals surface area contributed by atoms with Crippen molar-refractivity contribution in [1.82, 2.24) is 0 Å². The van der Waals surface area contributed by atoms with Crippen molar-refractivity contribution in [3.8, 4) is 11.5 Å². The van der Waals surface area contributed by atoms with Crippen LogP contribution >= 0.6 is 0 Å². The minimum Gasteiger partial charge on any atom is -0.508 e. The topological polar surface area (TPSA) is 55.8 Å². The molecule has 0 aromatic heterocycles. The Morgan fingerprint density at radius 1 is 1.19 bits per heavy atom. The molecule has 0 unspecified atom stereocenters. The number of benzene rings is 2. The summed E-state index contributed by atoms with van der Waals surface area (Å²) in [5, 5.41) is 9.40. The van der Waals surface area contributed by atoms with Crippen molar-refractivity contribution in [3.63, 3.8) is 0 Å². The molecule has 26 heavy (non-hydrogen) atoms. The summed E-state index contributed by atoms with van der Waals surface area (Å²) in [6.07, 6.45) is -1.56. The Hall–Kier alpha value is -2.80. The van der Waals surface area contributed by atoms with Crippen molar-refractivity contribution >= 4 is 11.9 Å². The van der Waals surface area contributed by atoms with E-state index in [4.69, 9.17) is 4.74 Å². The highest BCUT2D eigenvalue weighted by Gasteiger charge is 2.27. The van der Waals surface area contributed by atoms with E-state index in [1.165, 1.54) is 31.4 Å². The predicted octanol–water partition coefficient (Wildman–Crippen LogP) is 4.38. The Morgan fingerprint density at radius 3 is 2.62 bits per heavy atom. The molecule has 1 N–H and O–H groups in total. The van der Waals surface area contributed by atoms with Crippen molar-refractivity contribution in [2.75, 3.05) is 13.7 Å². The van der Waals surface area contributed by atoms with Gasteiger partial charge in [-0.2, -0.15) is 13.2 Å². The Bertz CT molecular complexity index is 798. The molecule has 0 saturated carbocycles. The largest absolute Gasteiger partial charge is 0.508 e. The number of halogens is 3. The van der Waals surface area contributed by atoms with Gasteiger partial charge >= 0.3 is 6.18 Å². The van der Waals surface area contributed by atoms with E-state index in [0.29, 0.717) is 22.4 Å². The maximum absolute atomic E-state index is 12.2. The summed E-state index contributed by atoms with van der Waals surface area (Å²) in [6, 6.07) is 10.8. The summed E-state index contributed by atoms with van der Waals surface area (Å²) >= 11 is 0. The number of carbonyl (C=O) groups is 1. The number of alkyl halides is 3. The molecular formula is C19H17F3O4. The first-order valence-corrected chi connectivity index (χ1v) is 7.61. The number of carbonyl (C=O) groups excluding carboxylic acids is 1. The Labute approximate surface area is 148 Å². The minimum absolute atomic E-state index is 0.0159. The van der Waals surface area contributed by atoms with E-state index in [1.807, 2.05) is 0 Å². The van der Waals surface area contributed by atoms with Crippen LogP contribution in [0.15, 0.2) is 48.5 Å². The van der Waals surface area contributed by atoms with Gasteiger partial charge in [0.25, 0.3) is 0 Å². The van der Waals surface area contributed by atoms with Crippen LogP contribution in [-0.2, 0) is 11.3 Å². The molecule has 0 heterocycles. The molecule has 0 aliphatic heterocycles. The molecule has 0 aliphatic rings. The van der Waals surface area contributed by atoms with E-state index in [9.17, 15) is 23.1 Å². The number of phenolic OH excluding ortho intramolecular Hbond substituents is 1. The van der Waals surface area contributed by atoms with Crippen LogP contribution in [0.4, 0.5) is 13.2 Å². The number of aromatic hydroxyl groups is 1. The van der Waals surface area contributed by atoms with Crippen LogP contribution in [0.1, 0.15) is 21.5 Å². The Morgan fingerprint density at radius 2 is 1.96 bits per heavy atom. The second-order valence-electron chi connectivity index (χ2n) is 5.43. The normalized spacial score (nSPS) is 11.7. The second kappa shape index (κ2) is 8.53. The van der Waals surface area contributed by atoms with Gasteiger partial charge in [0.2, 0.25) is 0 Å². The third-order valence-electron chi connectivity index (χ3n) is 3.39. The molecule has 0 amide bonds. The molecule has 4 nitrogen and oxygen atoms in total. The Balaban J connectivity index is 2.11. The van der Waals surface area contributed by atoms with Gasteiger partial charge in [0, 0.05) is 11.1 Å². The third kappa shape index (κ3) is 5.93. The fraction of sp³-hybridized carbons (Fsp3) is 0.211. The van der Waals surface area contributed by atoms with Gasteiger partial charge in [0.1, 0.15) is 18.1 Å². The van der Waals surface area contributed by atoms with Gasteiger partial charge in [-0.05, 0) is 35.9 Å². The zero-order valence-electron chi connectivity index (χ0n) is 13.9. The minimum atomic E-state index is -4.40. The lowest BCUT2D eigenvalue weighted by atomic mass is 10.1. The lowest BCUT2D eigenvalue weighted by Crippen LogP contribution is -2.16. The number of hydrogen-bond donors (Lipinski definition) is 1. The molecule has 0 fully saturated rings. The van der Waals surface area contributed by atoms with E-state index in [-0.39, 0.29) is 18.1 Å². The van der Waals surface area contributed by atoms with Gasteiger partial charge in [-0.1, -0.05) is 24.3 Å². The van der Waals surface area contributed by atoms with Gasteiger partial charge in [-0.3, -0.25) is 4.79 Å². The van der Waals surface area contributed by atoms with E-state index >= 15 is 0 Å². The lowest BCUT2D eigenvalue weighted by molar-refractivity contribution is -0.176. The number of phenols is 1. The molecule has 2 aromatic rings. The van der Waals surface area contributed by atoms with E-state index in [2.05, 4.69) is 4.74 Å². The third-order valence-corrected chi connectivity index (χ3v) is 3.39. The van der Waals surface area contributed by atoms with Crippen LogP contribution in [0.25, 0.3) is 6.08 Å². The predicted molar refractivity (Wildman–Crippen MR) is 90.2 cm³/mol. The Kier molecular flexibility index (Phi) is 6.41. The fourth-order valence-electron chi connectivity index (χ4n) is 2.22. The highest BCUT2D eigenvalue weighted by molar-refractivity contribution is 6.07. The lowest BCUT2D eigenvalue weighted by Gasteiger charge is -2.11. The average molecular weight is 366 g/mol. The van der Waals surface area contributed by atoms with Crippen LogP contribution in [0.3, 0.4) is 0 Å². The number of ether oxygens (including phenoxy) is 2. The van der Waals surface area contributed by atoms with Crippen LogP contribution in [0.5, 0.6) is 11.5 Å². The van der Waals surface area contributed by atoms with E-state index in [1.54, 1.807) is 30.3 Å². The fourth-order valence-corrected chi connectivity index (χ4v) is 2.22. The first kappa shape index (κ1) is 19.5. The van der Waals surface area contributed by atoms with Gasteiger partial charge in [-0.15, -0.1) is 0 Å². The number of allylic oxidation sites excluding steroid dienone is 1. The first-order valence-electron chi connectivity index (χ1n) is 7.61. The highest BCUT2D eigenvalue weighted by Crippen LogP contribution is 2.23. The summed E-state index contributed by atoms with van der Waals surface area (Å²) in [5.41, 5.74) is 1.36. The molecule has 2 aromatic carbocycles. The SMILES string of the molecule is COc1ccc(/C=C/C(=O)c2cccc(O)c2)cc1COCC(F)(F)F. The molecule has 0 bridgehead atoms. The van der Waals surface area contributed by atoms with Gasteiger partial charge < -0.3 is 14.6 Å². The molecule has 0 aliphatic carbocycles. The molecule has 7 heteroatoms. The monoisotopic (exact) mass is 366 g/mol. The van der Waals surface area contributed by atoms with Crippen molar-refractivity contribution in [2.45, 2.75) is 12.8 Å². The number of hydrogen-bond acceptors (Lipinski definition) is 4. The van der Waals surface area contributed by atoms with Crippen molar-refractivity contribution in [2.24, 2.45) is 0 Å². The number of methoxy groups -OCH3 is 1. The zero-order valence-corrected chi connectivity index (χ0v) is 13.9. The average Bonchev–Trinajstić information content (AvgIpc) is 2.58. The maximum atomic E-state index is 12.2. The number of ketones is 1. The van der Waals surface area contributed by atoms with Crippen molar-refractivity contribution in [1.29, 1.82) is 0 Å². The summed E-state index contributed by atoms with van der Waals surface area (Å²) in [6.45, 7) is -1.63. The summed E-state index contributed by atoms with van der Waals surface area (Å²) in [5.74, 6) is 0.0630. The van der Waals surface area contributed by atoms with Crippen molar-refractivity contribution < 1.29 is 32.5 Å². The molecule has 0 saturated heterocycles. The smallest absolute Gasteiger partial charge is 0.411 e. The molecule has 138 valence electrons. The zero-order chi connectivity index (χ0) is 19.2. The van der Waals surface area contributed by atoms with Gasteiger partial charge in [0.15, 0.2) is 5.78 Å². The molecule has 2 rings (SSSR count). The standard InChI is InChI=1S/C19H17F3O4/c1-25-18-8-6-13(9-15(18)11-26-12-19(20,21)22)5-7-17(24)14-3-2-4-16(23)10-14/h2-10,23H,11-12H2,1H3/b7-5+. The van der Waals surface area contributed by atoms with Gasteiger partial charge in [-0.25, -0.2) is 0 Å². The van der Waals surface area contributed by atoms with Crippen molar-refractivity contribution in [3.05, 3.63) is 65.2 Å². The van der Waals surface area contributed by atoms with E-state index in [0.717, 1.165) is 0 Å². The summed E-state index contributed by atoms with van der Waals surface area (Å²) in [7, 11) is 1.41. The van der Waals surface area contributed by atoms with Crippen LogP contribution in [0, 0.1) is 0 Å². The molecular weight excluding hydrogens is 349 g/mol. The van der Waals surface area contributed by atoms with Crippen LogP contribution in [0.2, 0.25) is 0 Å². The van der Waals surface area contributed by atoms with Crippen LogP contribution in [-0.4, -0.2) is 30.8 Å². The molecule has 0 spiro atoms. The number of rotatable bonds is 7. The summed E-state index contributed by atoms with van der Waals surface area (Å²) < 4.78 is 46.4. The summed E-state index contributed by atoms with van der Waals surface area (Å²) in [4.78, 5) is 12.1. The maximum Gasteiger partial charge on any atom is 0.411 e.